The van der Waals surface area contributed by atoms with Crippen molar-refractivity contribution in [1.82, 2.24) is 58.9 Å². The quantitative estimate of drug-likeness (QED) is 0.0839. The average molecular weight is 1470 g/mol. The van der Waals surface area contributed by atoms with Crippen LogP contribution in [-0.4, -0.2) is 157 Å². The van der Waals surface area contributed by atoms with E-state index in [0.717, 1.165) is 97.3 Å². The molecule has 0 atom stereocenters. The van der Waals surface area contributed by atoms with Gasteiger partial charge < -0.3 is 39.4 Å². The van der Waals surface area contributed by atoms with E-state index in [1.165, 1.54) is 0 Å². The largest absolute Gasteiger partial charge is 2.00 e. The van der Waals surface area contributed by atoms with E-state index in [1.54, 1.807) is 0 Å². The molecule has 46 heteroatoms. The van der Waals surface area contributed by atoms with Gasteiger partial charge in [0.2, 0.25) is 0 Å². The zero-order valence-corrected chi connectivity index (χ0v) is 51.2. The van der Waals surface area contributed by atoms with Gasteiger partial charge >= 0.3 is 56.2 Å². The number of aliphatic hydroxyl groups is 2. The molecule has 0 aliphatic carbocycles. The minimum absolute atomic E-state index is 0. The summed E-state index contributed by atoms with van der Waals surface area (Å²) >= 11 is 0. The van der Waals surface area contributed by atoms with Crippen molar-refractivity contribution in [3.05, 3.63) is 130 Å². The van der Waals surface area contributed by atoms with Crippen LogP contribution in [0.5, 0.6) is 0 Å². The van der Waals surface area contributed by atoms with Crippen LogP contribution in [0, 0.1) is 27.7 Å². The van der Waals surface area contributed by atoms with Gasteiger partial charge in [0.05, 0.1) is 60.3 Å². The number of hydrogen-bond acceptors (Lipinski definition) is 22. The molecule has 2 radical (unpaired) electrons. The van der Waals surface area contributed by atoms with Crippen LogP contribution in [-0.2, 0) is 151 Å². The van der Waals surface area contributed by atoms with Crippen LogP contribution in [0.25, 0.3) is 0 Å². The first-order valence-corrected chi connectivity index (χ1v) is 28.3. The fourth-order valence-electron chi connectivity index (χ4n) is 6.60. The monoisotopic (exact) mass is 1470 g/mol. The molecule has 8 bridgehead atoms. The van der Waals surface area contributed by atoms with Gasteiger partial charge in [-0.25, -0.2) is 33.7 Å². The van der Waals surface area contributed by atoms with Crippen LogP contribution in [0.1, 0.15) is 56.9 Å². The number of aromatic nitrogens is 10. The van der Waals surface area contributed by atoms with Gasteiger partial charge in [-0.3, -0.25) is 38.5 Å². The van der Waals surface area contributed by atoms with Crippen LogP contribution in [0.2, 0.25) is 0 Å². The maximum absolute atomic E-state index is 10.7. The van der Waals surface area contributed by atoms with Gasteiger partial charge in [0.25, 0.3) is 0 Å². The second-order valence-corrected chi connectivity index (χ2v) is 22.0. The van der Waals surface area contributed by atoms with Crippen molar-refractivity contribution in [2.75, 3.05) is 14.2 Å². The molecule has 510 valence electrons. The maximum atomic E-state index is 10.7. The Bertz CT molecular complexity index is 3040. The summed E-state index contributed by atoms with van der Waals surface area (Å²) < 4.78 is 244. The van der Waals surface area contributed by atoms with Crippen molar-refractivity contribution in [3.8, 4) is 0 Å². The van der Waals surface area contributed by atoms with Gasteiger partial charge in [0.15, 0.2) is 40.5 Å². The fourth-order valence-corrected chi connectivity index (χ4v) is 6.60. The zero-order valence-electron chi connectivity index (χ0n) is 46.1. The van der Waals surface area contributed by atoms with E-state index >= 15 is 0 Å². The first kappa shape index (κ1) is 89.2. The molecule has 8 N–H and O–H groups in total. The molecule has 0 fully saturated rings. The minimum atomic E-state index is -6.09. The van der Waals surface area contributed by atoms with Gasteiger partial charge in [0.1, 0.15) is 0 Å². The summed E-state index contributed by atoms with van der Waals surface area (Å²) in [6, 6.07) is 20.9. The molecule has 1 aliphatic heterocycles. The summed E-state index contributed by atoms with van der Waals surface area (Å²) in [5, 5.41) is 34.2. The second-order valence-electron chi connectivity index (χ2n) is 16.5. The standard InChI is InChI=1S/C36H44N12.4CHF3O3S.2CH4O.2Cu.2H2O/c1-27-17-33-23-43(21-31-9-5-7-11-37-31)24-34-19-29(3)47(41-34)15-16-48-30(4)20-36(42-48)26-44(22-32-10-6-8-12-38-32)25-35-18-28(2)46(40-35)14-13-45(27)39-33;4*2-1(3,4)8(5,6)7;2*1-2;;;;/h5-12,17-20H,13-16,21-26H2,1-4H3;4*(H,5,6,7);2*2H,1H3;;;2*1H2/q;;;;;;;2*+2;;/p-2. The van der Waals surface area contributed by atoms with Crippen LogP contribution < -0.4 is 0 Å². The molecule has 6 aromatic heterocycles. The third-order valence-corrected chi connectivity index (χ3v) is 12.3. The summed E-state index contributed by atoms with van der Waals surface area (Å²) in [5.41, 5.74) is -11.8. The topological polar surface area (TPSA) is 439 Å². The Labute approximate surface area is 516 Å². The van der Waals surface area contributed by atoms with Crippen molar-refractivity contribution in [2.24, 2.45) is 0 Å². The summed E-state index contributed by atoms with van der Waals surface area (Å²) in [7, 11) is -22.4. The van der Waals surface area contributed by atoms with E-state index in [2.05, 4.69) is 103 Å². The zero-order chi connectivity index (χ0) is 65.0. The predicted octanol–water partition coefficient (Wildman–Crippen LogP) is 2.19. The molecule has 0 aromatic carbocycles. The Morgan fingerprint density at radius 2 is 0.591 bits per heavy atom. The van der Waals surface area contributed by atoms with E-state index in [-0.39, 0.29) is 45.1 Å². The molecule has 1 aliphatic rings. The number of aliphatic hydroxyl groups excluding tert-OH is 2. The smallest absolute Gasteiger partial charge is 0.741 e. The molecule has 88 heavy (non-hydrogen) atoms. The number of aryl methyl sites for hydroxylation is 8. The van der Waals surface area contributed by atoms with Gasteiger partial charge in [-0.2, -0.15) is 73.1 Å². The van der Waals surface area contributed by atoms with Crippen molar-refractivity contribution >= 4 is 40.5 Å². The van der Waals surface area contributed by atoms with Gasteiger partial charge in [-0.05, 0) is 76.2 Å². The van der Waals surface area contributed by atoms with Crippen LogP contribution >= 0.6 is 0 Å². The Kier molecular flexibility index (Phi) is 38.3. The molecule has 0 spiro atoms. The molecule has 6 aromatic rings. The molecular weight excluding hydrogens is 1410 g/mol. The number of alkyl halides is 12. The Morgan fingerprint density at radius 1 is 0.409 bits per heavy atom. The molecule has 0 saturated carbocycles. The van der Waals surface area contributed by atoms with E-state index in [1.807, 2.05) is 36.7 Å². The third-order valence-electron chi connectivity index (χ3n) is 10.1. The summed E-state index contributed by atoms with van der Waals surface area (Å²) in [6.07, 6.45) is 3.71. The van der Waals surface area contributed by atoms with E-state index in [0.29, 0.717) is 39.3 Å². The predicted molar refractivity (Wildman–Crippen MR) is 271 cm³/mol. The molecule has 7 rings (SSSR count). The molecular formula is C42H58Cu2F12N12O16S4+2. The summed E-state index contributed by atoms with van der Waals surface area (Å²) in [4.78, 5) is 14.0. The molecule has 0 saturated heterocycles. The van der Waals surface area contributed by atoms with Gasteiger partial charge in [-0.1, -0.05) is 12.1 Å². The van der Waals surface area contributed by atoms with Gasteiger partial charge in [0, 0.05) is 88.7 Å². The van der Waals surface area contributed by atoms with Crippen molar-refractivity contribution in [3.63, 3.8) is 0 Å². The third kappa shape index (κ3) is 31.0. The van der Waals surface area contributed by atoms with Crippen molar-refractivity contribution in [1.29, 1.82) is 0 Å². The summed E-state index contributed by atoms with van der Waals surface area (Å²) in [5.74, 6) is 0. The van der Waals surface area contributed by atoms with E-state index in [9.17, 15) is 52.7 Å². The van der Waals surface area contributed by atoms with Crippen LogP contribution in [0.3, 0.4) is 0 Å². The van der Waals surface area contributed by atoms with E-state index < -0.39 is 62.5 Å². The number of halogens is 12. The molecule has 28 nitrogen and oxygen atoms in total. The SMILES string of the molecule is CO.CO.Cc1cc2nn1CCn1nc(cc1C)CN(Cc1ccccn1)Cc1cc(C)n(n1)CCn1nc(cc1C)CN(Cc1ccccn1)C2.O=S(=O)([O-])C(F)(F)F.O=S(=O)([O-])C(F)(F)F.O=S(=O)([O-])C(F)(F)F.O=S(=O)([O-])C(F)(F)F.[Cu+2].[Cu+2].[OH3+].[OH3+]. The Morgan fingerprint density at radius 3 is 0.739 bits per heavy atom. The molecule has 7 heterocycles. The number of rotatable bonds is 4. The van der Waals surface area contributed by atoms with Gasteiger partial charge in [-0.15, -0.1) is 0 Å². The maximum Gasteiger partial charge on any atom is 2.00 e. The Hall–Kier alpha value is -5.26. The number of pyridine rings is 2. The summed E-state index contributed by atoms with van der Waals surface area (Å²) in [6.45, 7) is 15.7. The second kappa shape index (κ2) is 37.8. The first-order chi connectivity index (χ1) is 38.3. The van der Waals surface area contributed by atoms with Crippen LogP contribution in [0.4, 0.5) is 52.7 Å². The van der Waals surface area contributed by atoms with E-state index in [4.69, 9.17) is 82.5 Å². The number of fused-ring (bicyclic) bond motifs is 8. The minimum Gasteiger partial charge on any atom is -0.741 e. The molecule has 0 amide bonds. The first-order valence-electron chi connectivity index (χ1n) is 22.7. The number of hydrogen-bond donors (Lipinski definition) is 2. The average Bonchev–Trinajstić information content (AvgIpc) is 4.15. The number of nitrogens with zero attached hydrogens (tertiary/aromatic N) is 12. The normalized spacial score (nSPS) is 13.5. The molecule has 0 unspecified atom stereocenters. The Balaban J connectivity index is -0.000000724. The fraction of sp³-hybridized carbons (Fsp3) is 0.476. The van der Waals surface area contributed by atoms with Crippen LogP contribution in [0.15, 0.2) is 73.1 Å². The van der Waals surface area contributed by atoms with Crippen molar-refractivity contribution in [2.45, 2.75) is 115 Å². The van der Waals surface area contributed by atoms with Crippen molar-refractivity contribution < 1.29 is 160 Å².